The molecular weight excluding hydrogens is 380 g/mol. The predicted molar refractivity (Wildman–Crippen MR) is 104 cm³/mol. The number of aromatic nitrogens is 2. The Hall–Kier alpha value is -3.17. The molecule has 9 heteroatoms. The number of hydrogen-bond donors (Lipinski definition) is 2. The molecule has 1 heterocycles. The molecule has 3 aromatic rings. The first-order valence-electron chi connectivity index (χ1n) is 8.46. The fourth-order valence-corrected chi connectivity index (χ4v) is 3.21. The van der Waals surface area contributed by atoms with Gasteiger partial charge in [-0.2, -0.15) is 5.10 Å². The number of carbonyl (C=O) groups excluding carboxylic acids is 1. The monoisotopic (exact) mass is 400 g/mol. The minimum Gasteiger partial charge on any atom is -0.496 e. The Morgan fingerprint density at radius 3 is 2.64 bits per heavy atom. The van der Waals surface area contributed by atoms with Crippen LogP contribution in [0.1, 0.15) is 15.9 Å². The van der Waals surface area contributed by atoms with Crippen molar-refractivity contribution in [2.45, 2.75) is 11.3 Å². The Morgan fingerprint density at radius 2 is 1.96 bits per heavy atom. The first kappa shape index (κ1) is 19.6. The summed E-state index contributed by atoms with van der Waals surface area (Å²) in [6.45, 7) is 0.349. The maximum absolute atomic E-state index is 12.5. The van der Waals surface area contributed by atoms with Crippen LogP contribution < -0.4 is 15.2 Å². The van der Waals surface area contributed by atoms with E-state index < -0.39 is 15.9 Å². The lowest BCUT2D eigenvalue weighted by atomic mass is 10.2. The van der Waals surface area contributed by atoms with E-state index in [1.165, 1.54) is 25.3 Å². The second-order valence-electron chi connectivity index (χ2n) is 6.04. The van der Waals surface area contributed by atoms with Crippen molar-refractivity contribution in [3.63, 3.8) is 0 Å². The molecule has 28 heavy (non-hydrogen) atoms. The highest BCUT2D eigenvalue weighted by molar-refractivity contribution is 7.89. The van der Waals surface area contributed by atoms with Crippen molar-refractivity contribution in [1.29, 1.82) is 0 Å². The van der Waals surface area contributed by atoms with Crippen molar-refractivity contribution in [2.24, 2.45) is 5.14 Å². The summed E-state index contributed by atoms with van der Waals surface area (Å²) in [6.07, 6.45) is 4.20. The van der Waals surface area contributed by atoms with Crippen LogP contribution in [0.25, 0.3) is 5.69 Å². The molecule has 0 aliphatic rings. The molecular formula is C19H20N4O4S. The number of ether oxygens (including phenoxy) is 1. The number of nitrogens with zero attached hydrogens (tertiary/aromatic N) is 2. The zero-order chi connectivity index (χ0) is 20.1. The van der Waals surface area contributed by atoms with Gasteiger partial charge in [0.15, 0.2) is 0 Å². The van der Waals surface area contributed by atoms with Crippen LogP contribution >= 0.6 is 0 Å². The van der Waals surface area contributed by atoms with E-state index in [2.05, 4.69) is 10.4 Å². The van der Waals surface area contributed by atoms with E-state index in [0.717, 1.165) is 11.3 Å². The summed E-state index contributed by atoms with van der Waals surface area (Å²) in [5, 5.41) is 12.2. The van der Waals surface area contributed by atoms with Crippen LogP contribution in [-0.4, -0.2) is 37.8 Å². The lowest BCUT2D eigenvalue weighted by Gasteiger charge is -2.10. The van der Waals surface area contributed by atoms with Crippen molar-refractivity contribution in [2.75, 3.05) is 13.7 Å². The van der Waals surface area contributed by atoms with Crippen LogP contribution in [-0.2, 0) is 16.4 Å². The van der Waals surface area contributed by atoms with Gasteiger partial charge in [-0.15, -0.1) is 0 Å². The number of carbonyl (C=O) groups is 1. The SMILES string of the molecule is COc1ccc(S(N)(=O)=O)cc1C(=O)NCCc1cnn(-c2ccccc2)c1. The van der Waals surface area contributed by atoms with Gasteiger partial charge >= 0.3 is 0 Å². The average molecular weight is 400 g/mol. The quantitative estimate of drug-likeness (QED) is 0.623. The van der Waals surface area contributed by atoms with Gasteiger partial charge in [-0.05, 0) is 42.3 Å². The summed E-state index contributed by atoms with van der Waals surface area (Å²) in [6, 6.07) is 13.6. The fraction of sp³-hybridized carbons (Fsp3) is 0.158. The molecule has 0 spiro atoms. The first-order valence-corrected chi connectivity index (χ1v) is 10.0. The van der Waals surface area contributed by atoms with Gasteiger partial charge in [-0.25, -0.2) is 18.2 Å². The smallest absolute Gasteiger partial charge is 0.255 e. The van der Waals surface area contributed by atoms with Crippen molar-refractivity contribution in [3.8, 4) is 11.4 Å². The molecule has 0 unspecified atom stereocenters. The molecule has 3 N–H and O–H groups in total. The molecule has 146 valence electrons. The predicted octanol–water partition coefficient (Wildman–Crippen LogP) is 1.50. The van der Waals surface area contributed by atoms with Crippen LogP contribution in [0.15, 0.2) is 65.8 Å². The molecule has 0 aliphatic carbocycles. The Morgan fingerprint density at radius 1 is 1.21 bits per heavy atom. The summed E-state index contributed by atoms with van der Waals surface area (Å²) in [4.78, 5) is 12.3. The number of nitrogens with one attached hydrogen (secondary N) is 1. The molecule has 0 aliphatic heterocycles. The zero-order valence-corrected chi connectivity index (χ0v) is 16.0. The molecule has 0 fully saturated rings. The van der Waals surface area contributed by atoms with E-state index in [0.29, 0.717) is 13.0 Å². The molecule has 0 atom stereocenters. The van der Waals surface area contributed by atoms with E-state index >= 15 is 0 Å². The Kier molecular flexibility index (Phi) is 5.76. The van der Waals surface area contributed by atoms with Gasteiger partial charge in [0.05, 0.1) is 29.5 Å². The molecule has 0 bridgehead atoms. The fourth-order valence-electron chi connectivity index (χ4n) is 2.67. The van der Waals surface area contributed by atoms with Crippen molar-refractivity contribution < 1.29 is 17.9 Å². The maximum atomic E-state index is 12.5. The number of primary sulfonamides is 1. The molecule has 2 aromatic carbocycles. The largest absolute Gasteiger partial charge is 0.496 e. The molecule has 0 saturated carbocycles. The molecule has 1 amide bonds. The minimum absolute atomic E-state index is 0.106. The standard InChI is InChI=1S/C19H20N4O4S/c1-27-18-8-7-16(28(20,25)26)11-17(18)19(24)21-10-9-14-12-22-23(13-14)15-5-3-2-4-6-15/h2-8,11-13H,9-10H2,1H3,(H,21,24)(H2,20,25,26). The number of amides is 1. The lowest BCUT2D eigenvalue weighted by Crippen LogP contribution is -2.26. The summed E-state index contributed by atoms with van der Waals surface area (Å²) in [7, 11) is -2.51. The molecule has 8 nitrogen and oxygen atoms in total. The van der Waals surface area contributed by atoms with Crippen LogP contribution in [0.4, 0.5) is 0 Å². The second-order valence-corrected chi connectivity index (χ2v) is 7.60. The Balaban J connectivity index is 1.66. The highest BCUT2D eigenvalue weighted by Gasteiger charge is 2.17. The minimum atomic E-state index is -3.92. The van der Waals surface area contributed by atoms with Crippen molar-refractivity contribution in [1.82, 2.24) is 15.1 Å². The summed E-state index contributed by atoms with van der Waals surface area (Å²) >= 11 is 0. The molecule has 1 aromatic heterocycles. The lowest BCUT2D eigenvalue weighted by molar-refractivity contribution is 0.0951. The summed E-state index contributed by atoms with van der Waals surface area (Å²) in [5.41, 5.74) is 2.01. The first-order chi connectivity index (χ1) is 13.4. The van der Waals surface area contributed by atoms with Crippen LogP contribution in [0.5, 0.6) is 5.75 Å². The van der Waals surface area contributed by atoms with E-state index in [1.54, 1.807) is 10.9 Å². The molecule has 3 rings (SSSR count). The van der Waals surface area contributed by atoms with Gasteiger partial charge in [0.25, 0.3) is 5.91 Å². The van der Waals surface area contributed by atoms with Gasteiger partial charge in [0, 0.05) is 12.7 Å². The number of methoxy groups -OCH3 is 1. The van der Waals surface area contributed by atoms with E-state index in [1.807, 2.05) is 36.5 Å². The van der Waals surface area contributed by atoms with Crippen LogP contribution in [0, 0.1) is 0 Å². The summed E-state index contributed by atoms with van der Waals surface area (Å²) in [5.74, 6) is -0.181. The normalized spacial score (nSPS) is 11.2. The maximum Gasteiger partial charge on any atom is 0.255 e. The average Bonchev–Trinajstić information content (AvgIpc) is 3.16. The second kappa shape index (κ2) is 8.24. The number of para-hydroxylation sites is 1. The zero-order valence-electron chi connectivity index (χ0n) is 15.2. The van der Waals surface area contributed by atoms with Gasteiger partial charge < -0.3 is 10.1 Å². The highest BCUT2D eigenvalue weighted by Crippen LogP contribution is 2.21. The number of benzene rings is 2. The summed E-state index contributed by atoms with van der Waals surface area (Å²) < 4.78 is 29.9. The van der Waals surface area contributed by atoms with Crippen molar-refractivity contribution in [3.05, 3.63) is 72.1 Å². The van der Waals surface area contributed by atoms with E-state index in [9.17, 15) is 13.2 Å². The third kappa shape index (κ3) is 4.56. The Labute approximate surface area is 163 Å². The van der Waals surface area contributed by atoms with Crippen molar-refractivity contribution >= 4 is 15.9 Å². The third-order valence-electron chi connectivity index (χ3n) is 4.10. The third-order valence-corrected chi connectivity index (χ3v) is 5.01. The van der Waals surface area contributed by atoms with E-state index in [4.69, 9.17) is 9.88 Å². The number of sulfonamides is 1. The van der Waals surface area contributed by atoms with Crippen LogP contribution in [0.3, 0.4) is 0 Å². The Bertz CT molecular complexity index is 1080. The number of rotatable bonds is 7. The number of hydrogen-bond acceptors (Lipinski definition) is 5. The number of nitrogens with two attached hydrogens (primary N) is 1. The van der Waals surface area contributed by atoms with Gasteiger partial charge in [-0.3, -0.25) is 4.79 Å². The molecule has 0 radical (unpaired) electrons. The topological polar surface area (TPSA) is 116 Å². The van der Waals surface area contributed by atoms with Gasteiger partial charge in [0.2, 0.25) is 10.0 Å². The molecule has 0 saturated heterocycles. The highest BCUT2D eigenvalue weighted by atomic mass is 32.2. The van der Waals surface area contributed by atoms with Gasteiger partial charge in [0.1, 0.15) is 5.75 Å². The van der Waals surface area contributed by atoms with E-state index in [-0.39, 0.29) is 16.2 Å². The van der Waals surface area contributed by atoms with Gasteiger partial charge in [-0.1, -0.05) is 18.2 Å². The van der Waals surface area contributed by atoms with Crippen LogP contribution in [0.2, 0.25) is 0 Å².